The van der Waals surface area contributed by atoms with Gasteiger partial charge in [0.1, 0.15) is 5.75 Å². The van der Waals surface area contributed by atoms with Crippen LogP contribution in [0, 0.1) is 5.92 Å². The first-order chi connectivity index (χ1) is 13.6. The number of hydrogen-bond acceptors (Lipinski definition) is 5. The molecule has 1 saturated heterocycles. The predicted molar refractivity (Wildman–Crippen MR) is 116 cm³/mol. The van der Waals surface area contributed by atoms with Crippen molar-refractivity contribution in [3.63, 3.8) is 0 Å². The molecule has 1 unspecified atom stereocenters. The summed E-state index contributed by atoms with van der Waals surface area (Å²) in [5.41, 5.74) is 2.09. The molecule has 1 fully saturated rings. The van der Waals surface area contributed by atoms with Gasteiger partial charge in [0, 0.05) is 6.54 Å². The predicted octanol–water partition coefficient (Wildman–Crippen LogP) is 3.16. The summed E-state index contributed by atoms with van der Waals surface area (Å²) in [6.45, 7) is 8.82. The van der Waals surface area contributed by atoms with E-state index in [9.17, 15) is 4.79 Å². The Bertz CT molecular complexity index is 770. The summed E-state index contributed by atoms with van der Waals surface area (Å²) < 4.78 is 7.42. The molecule has 0 aliphatic carbocycles. The molecule has 1 aromatic carbocycles. The Labute approximate surface area is 179 Å². The lowest BCUT2D eigenvalue weighted by Crippen LogP contribution is -2.33. The van der Waals surface area contributed by atoms with Crippen LogP contribution in [0.1, 0.15) is 56.2 Å². The number of benzene rings is 1. The number of carbonyl (C=O) groups excluding carboxylic acids is 1. The highest BCUT2D eigenvalue weighted by Crippen LogP contribution is 2.19. The van der Waals surface area contributed by atoms with E-state index in [0.29, 0.717) is 24.6 Å². The van der Waals surface area contributed by atoms with Gasteiger partial charge in [-0.05, 0) is 82.8 Å². The van der Waals surface area contributed by atoms with Crippen molar-refractivity contribution < 1.29 is 9.53 Å². The number of ether oxygens (including phenoxy) is 1. The van der Waals surface area contributed by atoms with Crippen molar-refractivity contribution in [3.8, 4) is 11.4 Å². The molecule has 0 saturated carbocycles. The van der Waals surface area contributed by atoms with Crippen LogP contribution in [0.2, 0.25) is 0 Å². The highest BCUT2D eigenvalue weighted by Gasteiger charge is 2.20. The molecular formula is C21H32ClN5O2. The maximum Gasteiger partial charge on any atom is 0.273 e. The summed E-state index contributed by atoms with van der Waals surface area (Å²) in [6.07, 6.45) is 4.24. The van der Waals surface area contributed by atoms with Gasteiger partial charge in [0.25, 0.3) is 5.91 Å². The van der Waals surface area contributed by atoms with Crippen LogP contribution < -0.4 is 15.4 Å². The fourth-order valence-corrected chi connectivity index (χ4v) is 3.58. The molecule has 1 amide bonds. The number of carbonyl (C=O) groups is 1. The monoisotopic (exact) mass is 421 g/mol. The Morgan fingerprint density at radius 3 is 2.72 bits per heavy atom. The van der Waals surface area contributed by atoms with Crippen molar-refractivity contribution in [3.05, 3.63) is 35.7 Å². The molecule has 0 radical (unpaired) electrons. The number of halogens is 1. The second-order valence-corrected chi connectivity index (χ2v) is 7.57. The first kappa shape index (κ1) is 23.2. The van der Waals surface area contributed by atoms with Gasteiger partial charge >= 0.3 is 0 Å². The van der Waals surface area contributed by atoms with Gasteiger partial charge < -0.3 is 15.4 Å². The minimum Gasteiger partial charge on any atom is -0.491 e. The van der Waals surface area contributed by atoms with E-state index in [2.05, 4.69) is 20.9 Å². The third kappa shape index (κ3) is 6.18. The highest BCUT2D eigenvalue weighted by molar-refractivity contribution is 5.93. The molecule has 2 heterocycles. The number of nitrogens with one attached hydrogen (secondary N) is 2. The van der Waals surface area contributed by atoms with E-state index in [4.69, 9.17) is 4.74 Å². The van der Waals surface area contributed by atoms with Gasteiger partial charge in [-0.3, -0.25) is 4.79 Å². The second-order valence-electron chi connectivity index (χ2n) is 7.57. The Balaban J connectivity index is 0.00000300. The zero-order valence-corrected chi connectivity index (χ0v) is 18.3. The summed E-state index contributed by atoms with van der Waals surface area (Å²) in [4.78, 5) is 12.6. The van der Waals surface area contributed by atoms with Gasteiger partial charge in [0.15, 0.2) is 5.69 Å². The number of nitrogens with zero attached hydrogens (tertiary/aromatic N) is 3. The SMILES string of the molecule is CCc1c(C(=O)NCCC2CCCNC2)nnn1-c1ccc(OC(C)C)cc1.Cl. The number of rotatable bonds is 8. The summed E-state index contributed by atoms with van der Waals surface area (Å²) >= 11 is 0. The summed E-state index contributed by atoms with van der Waals surface area (Å²) in [6, 6.07) is 7.69. The summed E-state index contributed by atoms with van der Waals surface area (Å²) in [5.74, 6) is 1.31. The molecule has 7 nitrogen and oxygen atoms in total. The highest BCUT2D eigenvalue weighted by atomic mass is 35.5. The topological polar surface area (TPSA) is 81.1 Å². The molecule has 0 spiro atoms. The molecule has 29 heavy (non-hydrogen) atoms. The molecule has 1 aliphatic rings. The minimum absolute atomic E-state index is 0. The van der Waals surface area contributed by atoms with Gasteiger partial charge in [-0.15, -0.1) is 17.5 Å². The first-order valence-electron chi connectivity index (χ1n) is 10.3. The van der Waals surface area contributed by atoms with E-state index in [1.807, 2.05) is 45.0 Å². The molecule has 1 aliphatic heterocycles. The smallest absolute Gasteiger partial charge is 0.273 e. The van der Waals surface area contributed by atoms with E-state index < -0.39 is 0 Å². The normalized spacial score (nSPS) is 16.3. The molecule has 2 N–H and O–H groups in total. The lowest BCUT2D eigenvalue weighted by Gasteiger charge is -2.22. The largest absolute Gasteiger partial charge is 0.491 e. The van der Waals surface area contributed by atoms with Crippen LogP contribution in [0.5, 0.6) is 5.75 Å². The molecule has 8 heteroatoms. The van der Waals surface area contributed by atoms with Crippen molar-refractivity contribution in [1.82, 2.24) is 25.6 Å². The van der Waals surface area contributed by atoms with Crippen LogP contribution in [0.4, 0.5) is 0 Å². The average Bonchev–Trinajstić information content (AvgIpc) is 3.13. The van der Waals surface area contributed by atoms with E-state index in [1.165, 1.54) is 12.8 Å². The quantitative estimate of drug-likeness (QED) is 0.684. The Morgan fingerprint density at radius 1 is 1.34 bits per heavy atom. The van der Waals surface area contributed by atoms with Crippen LogP contribution in [-0.2, 0) is 6.42 Å². The van der Waals surface area contributed by atoms with Crippen LogP contribution in [0.25, 0.3) is 5.69 Å². The van der Waals surface area contributed by atoms with Gasteiger partial charge in [0.05, 0.1) is 17.5 Å². The molecule has 0 bridgehead atoms. The van der Waals surface area contributed by atoms with E-state index in [-0.39, 0.29) is 24.4 Å². The maximum atomic E-state index is 12.6. The molecule has 1 aromatic heterocycles. The number of piperidine rings is 1. The molecular weight excluding hydrogens is 390 g/mol. The van der Waals surface area contributed by atoms with Gasteiger partial charge in [-0.25, -0.2) is 4.68 Å². The first-order valence-corrected chi connectivity index (χ1v) is 10.3. The zero-order valence-electron chi connectivity index (χ0n) is 17.5. The number of hydrogen-bond donors (Lipinski definition) is 2. The third-order valence-electron chi connectivity index (χ3n) is 5.00. The second kappa shape index (κ2) is 11.2. The summed E-state index contributed by atoms with van der Waals surface area (Å²) in [7, 11) is 0. The molecule has 3 rings (SSSR count). The summed E-state index contributed by atoms with van der Waals surface area (Å²) in [5, 5.41) is 14.8. The Kier molecular flexibility index (Phi) is 8.92. The van der Waals surface area contributed by atoms with Gasteiger partial charge in [-0.1, -0.05) is 12.1 Å². The van der Waals surface area contributed by atoms with E-state index >= 15 is 0 Å². The maximum absolute atomic E-state index is 12.6. The van der Waals surface area contributed by atoms with Crippen molar-refractivity contribution in [2.24, 2.45) is 5.92 Å². The molecule has 1 atom stereocenters. The number of aromatic nitrogens is 3. The average molecular weight is 422 g/mol. The zero-order chi connectivity index (χ0) is 19.9. The molecule has 2 aromatic rings. The molecule has 160 valence electrons. The van der Waals surface area contributed by atoms with Gasteiger partial charge in [-0.2, -0.15) is 0 Å². The van der Waals surface area contributed by atoms with E-state index in [0.717, 1.165) is 36.6 Å². The van der Waals surface area contributed by atoms with Crippen molar-refractivity contribution >= 4 is 18.3 Å². The van der Waals surface area contributed by atoms with Crippen LogP contribution in [0.3, 0.4) is 0 Å². The third-order valence-corrected chi connectivity index (χ3v) is 5.00. The van der Waals surface area contributed by atoms with Crippen molar-refractivity contribution in [2.75, 3.05) is 19.6 Å². The number of amides is 1. The Morgan fingerprint density at radius 2 is 2.10 bits per heavy atom. The minimum atomic E-state index is -0.147. The standard InChI is InChI=1S/C21H31N5O2.ClH/c1-4-19-20(21(27)23-13-11-16-6-5-12-22-14-16)24-25-26(19)17-7-9-18(10-8-17)28-15(2)3;/h7-10,15-16,22H,4-6,11-14H2,1-3H3,(H,23,27);1H. The Hall–Kier alpha value is -2.12. The van der Waals surface area contributed by atoms with Crippen LogP contribution in [-0.4, -0.2) is 46.6 Å². The van der Waals surface area contributed by atoms with E-state index in [1.54, 1.807) is 4.68 Å². The fourth-order valence-electron chi connectivity index (χ4n) is 3.58. The van der Waals surface area contributed by atoms with Crippen molar-refractivity contribution in [2.45, 2.75) is 52.6 Å². The van der Waals surface area contributed by atoms with Crippen LogP contribution in [0.15, 0.2) is 24.3 Å². The lowest BCUT2D eigenvalue weighted by atomic mass is 9.96. The fraction of sp³-hybridized carbons (Fsp3) is 0.571. The van der Waals surface area contributed by atoms with Gasteiger partial charge in [0.2, 0.25) is 0 Å². The lowest BCUT2D eigenvalue weighted by molar-refractivity contribution is 0.0944. The van der Waals surface area contributed by atoms with Crippen LogP contribution >= 0.6 is 12.4 Å². The van der Waals surface area contributed by atoms with Crippen molar-refractivity contribution in [1.29, 1.82) is 0 Å².